The predicted molar refractivity (Wildman–Crippen MR) is 74.7 cm³/mol. The van der Waals surface area contributed by atoms with Crippen molar-refractivity contribution < 1.29 is 14.7 Å². The number of hydrogen-bond acceptors (Lipinski definition) is 4. The van der Waals surface area contributed by atoms with Gasteiger partial charge in [-0.3, -0.25) is 14.3 Å². The number of carboxylic acids is 1. The third-order valence-corrected chi connectivity index (χ3v) is 3.61. The molecule has 7 heteroatoms. The molecule has 106 valence electrons. The van der Waals surface area contributed by atoms with Crippen LogP contribution < -0.4 is 5.32 Å². The van der Waals surface area contributed by atoms with Crippen LogP contribution >= 0.6 is 11.8 Å². The molecular formula is C12H19N3O3S. The van der Waals surface area contributed by atoms with Crippen molar-refractivity contribution in [2.24, 2.45) is 0 Å². The van der Waals surface area contributed by atoms with Gasteiger partial charge in [0.2, 0.25) is 0 Å². The Bertz CT molecular complexity index is 471. The summed E-state index contributed by atoms with van der Waals surface area (Å²) in [5.41, 5.74) is 2.19. The zero-order valence-electron chi connectivity index (χ0n) is 11.4. The van der Waals surface area contributed by atoms with E-state index < -0.39 is 5.97 Å². The molecule has 0 saturated heterocycles. The average molecular weight is 285 g/mol. The molecule has 0 unspecified atom stereocenters. The van der Waals surface area contributed by atoms with Crippen molar-refractivity contribution in [1.29, 1.82) is 0 Å². The van der Waals surface area contributed by atoms with Crippen LogP contribution in [0.25, 0.3) is 0 Å². The number of carbonyl (C=O) groups excluding carboxylic acids is 1. The molecule has 1 aromatic heterocycles. The fourth-order valence-corrected chi connectivity index (χ4v) is 2.38. The van der Waals surface area contributed by atoms with E-state index in [1.54, 1.807) is 4.68 Å². The lowest BCUT2D eigenvalue weighted by molar-refractivity contribution is -0.133. The minimum absolute atomic E-state index is 0.0572. The van der Waals surface area contributed by atoms with Gasteiger partial charge in [-0.15, -0.1) is 11.8 Å². The number of aryl methyl sites for hydroxylation is 2. The van der Waals surface area contributed by atoms with E-state index in [-0.39, 0.29) is 11.7 Å². The summed E-state index contributed by atoms with van der Waals surface area (Å²) in [4.78, 5) is 22.3. The summed E-state index contributed by atoms with van der Waals surface area (Å²) in [6, 6.07) is 0. The van der Waals surface area contributed by atoms with Crippen molar-refractivity contribution >= 4 is 23.6 Å². The van der Waals surface area contributed by atoms with Crippen LogP contribution in [-0.2, 0) is 11.3 Å². The molecule has 0 aliphatic rings. The fourth-order valence-electron chi connectivity index (χ4n) is 1.82. The first-order valence-electron chi connectivity index (χ1n) is 6.09. The van der Waals surface area contributed by atoms with E-state index in [1.807, 2.05) is 20.8 Å². The van der Waals surface area contributed by atoms with E-state index in [0.717, 1.165) is 17.9 Å². The molecule has 1 rings (SSSR count). The number of thioether (sulfide) groups is 1. The zero-order chi connectivity index (χ0) is 14.4. The van der Waals surface area contributed by atoms with Crippen molar-refractivity contribution in [2.45, 2.75) is 27.3 Å². The molecule has 0 saturated carbocycles. The molecule has 19 heavy (non-hydrogen) atoms. The van der Waals surface area contributed by atoms with Gasteiger partial charge in [0.25, 0.3) is 5.91 Å². The second kappa shape index (κ2) is 7.18. The van der Waals surface area contributed by atoms with Crippen LogP contribution in [0.3, 0.4) is 0 Å². The summed E-state index contributed by atoms with van der Waals surface area (Å²) < 4.78 is 1.80. The summed E-state index contributed by atoms with van der Waals surface area (Å²) in [6.45, 7) is 6.84. The Morgan fingerprint density at radius 3 is 2.63 bits per heavy atom. The van der Waals surface area contributed by atoms with Crippen LogP contribution in [0.1, 0.15) is 28.7 Å². The lowest BCUT2D eigenvalue weighted by Gasteiger charge is -2.05. The third-order valence-electron chi connectivity index (χ3n) is 2.67. The number of carboxylic acid groups (broad SMARTS) is 1. The van der Waals surface area contributed by atoms with Crippen molar-refractivity contribution in [3.63, 3.8) is 0 Å². The zero-order valence-corrected chi connectivity index (χ0v) is 12.2. The Morgan fingerprint density at radius 1 is 1.42 bits per heavy atom. The number of nitrogens with zero attached hydrogens (tertiary/aromatic N) is 2. The summed E-state index contributed by atoms with van der Waals surface area (Å²) in [5, 5.41) is 15.6. The number of hydrogen-bond donors (Lipinski definition) is 2. The summed E-state index contributed by atoms with van der Waals surface area (Å²) >= 11 is 1.28. The van der Waals surface area contributed by atoms with Gasteiger partial charge in [-0.25, -0.2) is 0 Å². The quantitative estimate of drug-likeness (QED) is 0.732. The van der Waals surface area contributed by atoms with E-state index in [2.05, 4.69) is 10.4 Å². The first-order chi connectivity index (χ1) is 8.97. The molecule has 1 heterocycles. The average Bonchev–Trinajstić information content (AvgIpc) is 2.63. The van der Waals surface area contributed by atoms with E-state index in [0.29, 0.717) is 17.9 Å². The highest BCUT2D eigenvalue weighted by atomic mass is 32.2. The van der Waals surface area contributed by atoms with Crippen LogP contribution in [0.15, 0.2) is 0 Å². The largest absolute Gasteiger partial charge is 0.481 e. The van der Waals surface area contributed by atoms with E-state index in [4.69, 9.17) is 5.11 Å². The topological polar surface area (TPSA) is 84.2 Å². The van der Waals surface area contributed by atoms with Gasteiger partial charge in [0, 0.05) is 24.5 Å². The molecular weight excluding hydrogens is 266 g/mol. The summed E-state index contributed by atoms with van der Waals surface area (Å²) in [7, 11) is 0. The van der Waals surface area contributed by atoms with Crippen LogP contribution in [0.2, 0.25) is 0 Å². The minimum atomic E-state index is -0.841. The molecule has 1 aromatic rings. The fraction of sp³-hybridized carbons (Fsp3) is 0.583. The van der Waals surface area contributed by atoms with Crippen LogP contribution in [-0.4, -0.2) is 44.8 Å². The summed E-state index contributed by atoms with van der Waals surface area (Å²) in [5.74, 6) is -0.349. The van der Waals surface area contributed by atoms with E-state index >= 15 is 0 Å². The van der Waals surface area contributed by atoms with Gasteiger partial charge < -0.3 is 10.4 Å². The van der Waals surface area contributed by atoms with E-state index in [1.165, 1.54) is 11.8 Å². The number of carbonyl (C=O) groups is 2. The van der Waals surface area contributed by atoms with Gasteiger partial charge >= 0.3 is 5.97 Å². The monoisotopic (exact) mass is 285 g/mol. The Kier molecular flexibility index (Phi) is 5.88. The summed E-state index contributed by atoms with van der Waals surface area (Å²) in [6.07, 6.45) is 0. The maximum atomic E-state index is 12.0. The lowest BCUT2D eigenvalue weighted by Crippen LogP contribution is -2.27. The molecule has 6 nitrogen and oxygen atoms in total. The van der Waals surface area contributed by atoms with Gasteiger partial charge in [0.05, 0.1) is 17.0 Å². The third kappa shape index (κ3) is 4.27. The molecule has 0 aliphatic carbocycles. The molecule has 0 atom stereocenters. The first kappa shape index (κ1) is 15.6. The smallest absolute Gasteiger partial charge is 0.313 e. The van der Waals surface area contributed by atoms with Gasteiger partial charge in [-0.1, -0.05) is 0 Å². The minimum Gasteiger partial charge on any atom is -0.481 e. The van der Waals surface area contributed by atoms with Gasteiger partial charge in [0.1, 0.15) is 0 Å². The van der Waals surface area contributed by atoms with Crippen molar-refractivity contribution in [2.75, 3.05) is 18.1 Å². The highest BCUT2D eigenvalue weighted by Gasteiger charge is 2.17. The molecule has 0 aromatic carbocycles. The second-order valence-electron chi connectivity index (χ2n) is 4.06. The Hall–Kier alpha value is -1.50. The van der Waals surface area contributed by atoms with Gasteiger partial charge in [-0.2, -0.15) is 5.10 Å². The van der Waals surface area contributed by atoms with Crippen molar-refractivity contribution in [3.8, 4) is 0 Å². The molecule has 0 fully saturated rings. The molecule has 0 bridgehead atoms. The number of aromatic nitrogens is 2. The van der Waals surface area contributed by atoms with Crippen molar-refractivity contribution in [3.05, 3.63) is 17.0 Å². The Morgan fingerprint density at radius 2 is 2.11 bits per heavy atom. The Labute approximate surface area is 116 Å². The highest BCUT2D eigenvalue weighted by Crippen LogP contribution is 2.12. The van der Waals surface area contributed by atoms with Gasteiger partial charge in [0.15, 0.2) is 0 Å². The second-order valence-corrected chi connectivity index (χ2v) is 5.17. The lowest BCUT2D eigenvalue weighted by atomic mass is 10.2. The molecule has 1 amide bonds. The molecule has 0 radical (unpaired) electrons. The van der Waals surface area contributed by atoms with E-state index in [9.17, 15) is 9.59 Å². The van der Waals surface area contributed by atoms with Crippen molar-refractivity contribution in [1.82, 2.24) is 15.1 Å². The number of rotatable bonds is 7. The number of nitrogens with one attached hydrogen (secondary N) is 1. The maximum absolute atomic E-state index is 12.0. The molecule has 0 spiro atoms. The maximum Gasteiger partial charge on any atom is 0.313 e. The number of aliphatic carboxylic acids is 1. The van der Waals surface area contributed by atoms with Crippen LogP contribution in [0.4, 0.5) is 0 Å². The van der Waals surface area contributed by atoms with Crippen LogP contribution in [0.5, 0.6) is 0 Å². The SMILES string of the molecule is CCn1nc(C)c(C(=O)NCCSCC(=O)O)c1C. The van der Waals surface area contributed by atoms with Crippen LogP contribution in [0, 0.1) is 13.8 Å². The standard InChI is InChI=1S/C12H19N3O3S/c1-4-15-9(3)11(8(2)14-15)12(18)13-5-6-19-7-10(16)17/h4-7H2,1-3H3,(H,13,18)(H,16,17). The normalized spacial score (nSPS) is 10.5. The first-order valence-corrected chi connectivity index (χ1v) is 7.24. The number of amides is 1. The van der Waals surface area contributed by atoms with Gasteiger partial charge in [-0.05, 0) is 20.8 Å². The molecule has 0 aliphatic heterocycles. The predicted octanol–water partition coefficient (Wildman–Crippen LogP) is 1.07. The highest BCUT2D eigenvalue weighted by molar-refractivity contribution is 7.99. The Balaban J connectivity index is 2.50. The molecule has 2 N–H and O–H groups in total.